The number of nitrogens with one attached hydrogen (secondary N) is 1. The highest BCUT2D eigenvalue weighted by atomic mass is 16.5. The van der Waals surface area contributed by atoms with Crippen molar-refractivity contribution in [2.45, 2.75) is 32.2 Å². The van der Waals surface area contributed by atoms with Crippen LogP contribution in [0.25, 0.3) is 0 Å². The number of carbonyl (C=O) groups excluding carboxylic acids is 3. The molecule has 0 aliphatic carbocycles. The normalized spacial score (nSPS) is 15.4. The second-order valence-corrected chi connectivity index (χ2v) is 5.55. The molecule has 1 unspecified atom stereocenters. The second kappa shape index (κ2) is 7.81. The molecule has 7 heteroatoms. The summed E-state index contributed by atoms with van der Waals surface area (Å²) in [7, 11) is 3.16. The molecule has 0 radical (unpaired) electrons. The van der Waals surface area contributed by atoms with Gasteiger partial charge in [-0.2, -0.15) is 0 Å². The third-order valence-corrected chi connectivity index (χ3v) is 4.04. The average Bonchev–Trinajstić information content (AvgIpc) is 2.92. The average molecular weight is 334 g/mol. The summed E-state index contributed by atoms with van der Waals surface area (Å²) >= 11 is 0. The number of amides is 3. The minimum atomic E-state index is -0.792. The van der Waals surface area contributed by atoms with E-state index in [1.54, 1.807) is 33.3 Å². The quantitative estimate of drug-likeness (QED) is 0.749. The van der Waals surface area contributed by atoms with E-state index in [-0.39, 0.29) is 30.6 Å². The van der Waals surface area contributed by atoms with Gasteiger partial charge in [0.1, 0.15) is 17.5 Å². The molecule has 3 amide bonds. The smallest absolute Gasteiger partial charge is 0.243 e. The molecule has 1 aliphatic heterocycles. The predicted octanol–water partition coefficient (Wildman–Crippen LogP) is 0.900. The Morgan fingerprint density at radius 3 is 2.46 bits per heavy atom. The number of carbonyl (C=O) groups is 3. The Morgan fingerprint density at radius 1 is 1.21 bits per heavy atom. The summed E-state index contributed by atoms with van der Waals surface area (Å²) < 4.78 is 10.5. The SMILES string of the molecule is COc1ccc(OC)c(CCNC(=O)C(C)N2C(=O)CCC2=O)c1. The number of hydrogen-bond acceptors (Lipinski definition) is 5. The van der Waals surface area contributed by atoms with Gasteiger partial charge in [0.05, 0.1) is 14.2 Å². The van der Waals surface area contributed by atoms with Gasteiger partial charge in [-0.15, -0.1) is 0 Å². The molecule has 0 aromatic heterocycles. The Kier molecular flexibility index (Phi) is 5.78. The zero-order valence-electron chi connectivity index (χ0n) is 14.1. The van der Waals surface area contributed by atoms with Crippen molar-refractivity contribution < 1.29 is 23.9 Å². The first-order valence-electron chi connectivity index (χ1n) is 7.81. The lowest BCUT2D eigenvalue weighted by Gasteiger charge is -2.21. The first kappa shape index (κ1) is 17.8. The number of benzene rings is 1. The molecule has 2 rings (SSSR count). The molecule has 0 spiro atoms. The van der Waals surface area contributed by atoms with E-state index >= 15 is 0 Å². The van der Waals surface area contributed by atoms with Crippen LogP contribution in [0.3, 0.4) is 0 Å². The lowest BCUT2D eigenvalue weighted by molar-refractivity contribution is -0.146. The molecule has 0 bridgehead atoms. The maximum atomic E-state index is 12.2. The largest absolute Gasteiger partial charge is 0.497 e. The Bertz CT molecular complexity index is 628. The van der Waals surface area contributed by atoms with E-state index in [2.05, 4.69) is 5.32 Å². The molecular weight excluding hydrogens is 312 g/mol. The first-order valence-corrected chi connectivity index (χ1v) is 7.81. The van der Waals surface area contributed by atoms with Crippen molar-refractivity contribution in [2.24, 2.45) is 0 Å². The van der Waals surface area contributed by atoms with Crippen molar-refractivity contribution in [2.75, 3.05) is 20.8 Å². The number of methoxy groups -OCH3 is 2. The van der Waals surface area contributed by atoms with Gasteiger partial charge >= 0.3 is 0 Å². The molecular formula is C17H22N2O5. The van der Waals surface area contributed by atoms with Crippen LogP contribution in [-0.4, -0.2) is 49.4 Å². The highest BCUT2D eigenvalue weighted by Gasteiger charge is 2.35. The Balaban J connectivity index is 1.93. The number of rotatable bonds is 7. The van der Waals surface area contributed by atoms with E-state index in [1.165, 1.54) is 0 Å². The van der Waals surface area contributed by atoms with Gasteiger partial charge in [-0.25, -0.2) is 0 Å². The van der Waals surface area contributed by atoms with E-state index in [0.29, 0.717) is 24.5 Å². The third-order valence-electron chi connectivity index (χ3n) is 4.04. The molecule has 0 saturated carbocycles. The molecule has 1 saturated heterocycles. The van der Waals surface area contributed by atoms with Gasteiger partial charge in [-0.05, 0) is 37.1 Å². The van der Waals surface area contributed by atoms with Crippen molar-refractivity contribution in [3.63, 3.8) is 0 Å². The van der Waals surface area contributed by atoms with Crippen LogP contribution in [0.15, 0.2) is 18.2 Å². The fraction of sp³-hybridized carbons (Fsp3) is 0.471. The van der Waals surface area contributed by atoms with Crippen molar-refractivity contribution in [3.05, 3.63) is 23.8 Å². The Labute approximate surface area is 140 Å². The summed E-state index contributed by atoms with van der Waals surface area (Å²) in [5.74, 6) is 0.483. The van der Waals surface area contributed by atoms with Crippen molar-refractivity contribution >= 4 is 17.7 Å². The summed E-state index contributed by atoms with van der Waals surface area (Å²) in [6.45, 7) is 1.92. The van der Waals surface area contributed by atoms with Gasteiger partial charge in [0, 0.05) is 19.4 Å². The second-order valence-electron chi connectivity index (χ2n) is 5.55. The van der Waals surface area contributed by atoms with Crippen LogP contribution in [-0.2, 0) is 20.8 Å². The van der Waals surface area contributed by atoms with Crippen LogP contribution in [0.2, 0.25) is 0 Å². The molecule has 1 aromatic carbocycles. The zero-order chi connectivity index (χ0) is 17.7. The fourth-order valence-electron chi connectivity index (χ4n) is 2.69. The molecule has 1 atom stereocenters. The van der Waals surface area contributed by atoms with Crippen LogP contribution in [0.5, 0.6) is 11.5 Å². The van der Waals surface area contributed by atoms with Crippen LogP contribution in [0.4, 0.5) is 0 Å². The number of ether oxygens (including phenoxy) is 2. The number of imide groups is 1. The van der Waals surface area contributed by atoms with Crippen molar-refractivity contribution in [1.82, 2.24) is 10.2 Å². The Hall–Kier alpha value is -2.57. The standard InChI is InChI=1S/C17H22N2O5/c1-11(19-15(20)6-7-16(19)21)17(22)18-9-8-12-10-13(23-2)4-5-14(12)24-3/h4-5,10-11H,6-9H2,1-3H3,(H,18,22). The minimum absolute atomic E-state index is 0.178. The fourth-order valence-corrected chi connectivity index (χ4v) is 2.69. The summed E-state index contributed by atoms with van der Waals surface area (Å²) in [6, 6.07) is 4.66. The summed E-state index contributed by atoms with van der Waals surface area (Å²) in [5, 5.41) is 2.76. The monoisotopic (exact) mass is 334 g/mol. The highest BCUT2D eigenvalue weighted by Crippen LogP contribution is 2.24. The van der Waals surface area contributed by atoms with E-state index in [4.69, 9.17) is 9.47 Å². The van der Waals surface area contributed by atoms with E-state index in [1.807, 2.05) is 6.07 Å². The summed E-state index contributed by atoms with van der Waals surface area (Å²) in [6.07, 6.45) is 0.898. The predicted molar refractivity (Wildman–Crippen MR) is 86.8 cm³/mol. The van der Waals surface area contributed by atoms with Gasteiger partial charge in [-0.3, -0.25) is 19.3 Å². The van der Waals surface area contributed by atoms with Crippen LogP contribution < -0.4 is 14.8 Å². The topological polar surface area (TPSA) is 84.9 Å². The lowest BCUT2D eigenvalue weighted by Crippen LogP contribution is -2.47. The molecule has 1 aliphatic rings. The lowest BCUT2D eigenvalue weighted by atomic mass is 10.1. The van der Waals surface area contributed by atoms with Gasteiger partial charge < -0.3 is 14.8 Å². The third kappa shape index (κ3) is 3.84. The van der Waals surface area contributed by atoms with Gasteiger partial charge in [0.25, 0.3) is 0 Å². The molecule has 24 heavy (non-hydrogen) atoms. The molecule has 130 valence electrons. The highest BCUT2D eigenvalue weighted by molar-refractivity contribution is 6.05. The van der Waals surface area contributed by atoms with E-state index in [9.17, 15) is 14.4 Å². The van der Waals surface area contributed by atoms with E-state index in [0.717, 1.165) is 10.5 Å². The first-order chi connectivity index (χ1) is 11.5. The molecule has 1 N–H and O–H groups in total. The number of likely N-dealkylation sites (tertiary alicyclic amines) is 1. The maximum Gasteiger partial charge on any atom is 0.243 e. The molecule has 1 fully saturated rings. The molecule has 1 heterocycles. The number of nitrogens with zero attached hydrogens (tertiary/aromatic N) is 1. The zero-order valence-corrected chi connectivity index (χ0v) is 14.1. The van der Waals surface area contributed by atoms with Gasteiger partial charge in [0.2, 0.25) is 17.7 Å². The van der Waals surface area contributed by atoms with Crippen LogP contribution in [0.1, 0.15) is 25.3 Å². The summed E-state index contributed by atoms with van der Waals surface area (Å²) in [4.78, 5) is 36.6. The maximum absolute atomic E-state index is 12.2. The molecule has 1 aromatic rings. The number of hydrogen-bond donors (Lipinski definition) is 1. The Morgan fingerprint density at radius 2 is 1.88 bits per heavy atom. The van der Waals surface area contributed by atoms with Crippen LogP contribution >= 0.6 is 0 Å². The minimum Gasteiger partial charge on any atom is -0.497 e. The molecule has 7 nitrogen and oxygen atoms in total. The van der Waals surface area contributed by atoms with Gasteiger partial charge in [0.15, 0.2) is 0 Å². The van der Waals surface area contributed by atoms with Crippen LogP contribution in [0, 0.1) is 0 Å². The van der Waals surface area contributed by atoms with Gasteiger partial charge in [-0.1, -0.05) is 0 Å². The van der Waals surface area contributed by atoms with E-state index < -0.39 is 6.04 Å². The summed E-state index contributed by atoms with van der Waals surface area (Å²) in [5.41, 5.74) is 0.901. The van der Waals surface area contributed by atoms with Crippen molar-refractivity contribution in [1.29, 1.82) is 0 Å². The van der Waals surface area contributed by atoms with Crippen molar-refractivity contribution in [3.8, 4) is 11.5 Å².